The molecule has 0 aromatic heterocycles. The molecule has 0 saturated heterocycles. The van der Waals surface area contributed by atoms with Crippen LogP contribution in [-0.4, -0.2) is 47.8 Å². The molecule has 0 radical (unpaired) electrons. The first-order chi connectivity index (χ1) is 6.19. The maximum Gasteiger partial charge on any atom is 0.0609 e. The van der Waals surface area contributed by atoms with E-state index >= 15 is 0 Å². The molecule has 0 aromatic rings. The smallest absolute Gasteiger partial charge is 0.0609 e. The Kier molecular flexibility index (Phi) is 5.06. The van der Waals surface area contributed by atoms with Crippen LogP contribution in [0, 0.1) is 0 Å². The van der Waals surface area contributed by atoms with Crippen molar-refractivity contribution in [2.24, 2.45) is 0 Å². The van der Waals surface area contributed by atoms with E-state index in [-0.39, 0.29) is 17.7 Å². The van der Waals surface area contributed by atoms with Crippen molar-refractivity contribution in [2.75, 3.05) is 26.7 Å². The molecular formula is C11H26N2O. The summed E-state index contributed by atoms with van der Waals surface area (Å²) in [4.78, 5) is 2.17. The Balaban J connectivity index is 3.80. The van der Waals surface area contributed by atoms with Crippen LogP contribution in [0.15, 0.2) is 0 Å². The molecule has 0 unspecified atom stereocenters. The van der Waals surface area contributed by atoms with Gasteiger partial charge < -0.3 is 10.4 Å². The number of likely N-dealkylation sites (N-methyl/N-ethyl adjacent to an activating group) is 1. The molecule has 0 rings (SSSR count). The molecule has 0 heterocycles. The molecule has 0 aliphatic carbocycles. The van der Waals surface area contributed by atoms with Gasteiger partial charge in [0.2, 0.25) is 0 Å². The van der Waals surface area contributed by atoms with E-state index in [9.17, 15) is 0 Å². The summed E-state index contributed by atoms with van der Waals surface area (Å²) >= 11 is 0. The number of rotatable bonds is 5. The summed E-state index contributed by atoms with van der Waals surface area (Å²) in [7, 11) is 2.04. The summed E-state index contributed by atoms with van der Waals surface area (Å²) in [5.74, 6) is 0. The van der Waals surface area contributed by atoms with E-state index in [2.05, 4.69) is 31.0 Å². The van der Waals surface area contributed by atoms with E-state index in [1.807, 2.05) is 20.9 Å². The molecule has 3 nitrogen and oxygen atoms in total. The fourth-order valence-electron chi connectivity index (χ4n) is 1.02. The Labute approximate surface area is 88.5 Å². The summed E-state index contributed by atoms with van der Waals surface area (Å²) in [5.41, 5.74) is 0.0454. The van der Waals surface area contributed by atoms with Gasteiger partial charge in [0.1, 0.15) is 0 Å². The van der Waals surface area contributed by atoms with Gasteiger partial charge in [-0.3, -0.25) is 4.90 Å². The number of nitrogens with one attached hydrogen (secondary N) is 1. The van der Waals surface area contributed by atoms with E-state index < -0.39 is 0 Å². The SMILES string of the molecule is CN(CCNC(C)(C)C)C(C)(C)CO. The molecule has 0 saturated carbocycles. The third-order valence-electron chi connectivity index (χ3n) is 2.52. The maximum atomic E-state index is 9.16. The van der Waals surface area contributed by atoms with Gasteiger partial charge in [-0.05, 0) is 41.7 Å². The lowest BCUT2D eigenvalue weighted by molar-refractivity contribution is 0.0785. The molecule has 3 heteroatoms. The molecule has 0 spiro atoms. The molecule has 0 aliphatic heterocycles. The highest BCUT2D eigenvalue weighted by Crippen LogP contribution is 2.09. The molecule has 0 amide bonds. The van der Waals surface area contributed by atoms with Gasteiger partial charge in [-0.25, -0.2) is 0 Å². The zero-order chi connectivity index (χ0) is 11.4. The van der Waals surface area contributed by atoms with Crippen LogP contribution in [-0.2, 0) is 0 Å². The molecule has 86 valence electrons. The minimum absolute atomic E-state index is 0.125. The van der Waals surface area contributed by atoms with Gasteiger partial charge in [-0.2, -0.15) is 0 Å². The van der Waals surface area contributed by atoms with E-state index in [4.69, 9.17) is 5.11 Å². The molecule has 14 heavy (non-hydrogen) atoms. The van der Waals surface area contributed by atoms with Crippen molar-refractivity contribution < 1.29 is 5.11 Å². The summed E-state index contributed by atoms with van der Waals surface area (Å²) in [5, 5.41) is 12.6. The number of aliphatic hydroxyl groups is 1. The van der Waals surface area contributed by atoms with Crippen molar-refractivity contribution in [3.05, 3.63) is 0 Å². The van der Waals surface area contributed by atoms with Crippen LogP contribution in [0.25, 0.3) is 0 Å². The highest BCUT2D eigenvalue weighted by molar-refractivity contribution is 4.79. The van der Waals surface area contributed by atoms with Crippen molar-refractivity contribution in [3.63, 3.8) is 0 Å². The van der Waals surface area contributed by atoms with Crippen LogP contribution in [0.2, 0.25) is 0 Å². The minimum Gasteiger partial charge on any atom is -0.394 e. The summed E-state index contributed by atoms with van der Waals surface area (Å²) in [6.45, 7) is 12.7. The molecule has 2 N–H and O–H groups in total. The molecule has 0 bridgehead atoms. The Morgan fingerprint density at radius 3 is 2.00 bits per heavy atom. The average Bonchev–Trinajstić information content (AvgIpc) is 2.02. The van der Waals surface area contributed by atoms with Gasteiger partial charge in [0, 0.05) is 24.2 Å². The van der Waals surface area contributed by atoms with Gasteiger partial charge in [-0.15, -0.1) is 0 Å². The number of aliphatic hydroxyl groups excluding tert-OH is 1. The van der Waals surface area contributed by atoms with Gasteiger partial charge in [0.15, 0.2) is 0 Å². The van der Waals surface area contributed by atoms with Gasteiger partial charge in [-0.1, -0.05) is 0 Å². The van der Waals surface area contributed by atoms with Crippen LogP contribution < -0.4 is 5.32 Å². The summed E-state index contributed by atoms with van der Waals surface area (Å²) in [6, 6.07) is 0. The minimum atomic E-state index is -0.125. The lowest BCUT2D eigenvalue weighted by atomic mass is 10.1. The van der Waals surface area contributed by atoms with E-state index in [0.717, 1.165) is 13.1 Å². The van der Waals surface area contributed by atoms with E-state index in [1.54, 1.807) is 0 Å². The first-order valence-corrected chi connectivity index (χ1v) is 5.26. The van der Waals surface area contributed by atoms with Crippen molar-refractivity contribution in [2.45, 2.75) is 45.7 Å². The predicted molar refractivity (Wildman–Crippen MR) is 61.6 cm³/mol. The summed E-state index contributed by atoms with van der Waals surface area (Å²) < 4.78 is 0. The zero-order valence-electron chi connectivity index (χ0n) is 10.5. The fourth-order valence-corrected chi connectivity index (χ4v) is 1.02. The van der Waals surface area contributed by atoms with Gasteiger partial charge in [0.05, 0.1) is 6.61 Å². The van der Waals surface area contributed by atoms with Crippen LogP contribution >= 0.6 is 0 Å². The third kappa shape index (κ3) is 5.58. The zero-order valence-corrected chi connectivity index (χ0v) is 10.5. The van der Waals surface area contributed by atoms with Crippen molar-refractivity contribution in [1.29, 1.82) is 0 Å². The predicted octanol–water partition coefficient (Wildman–Crippen LogP) is 1.08. The maximum absolute atomic E-state index is 9.16. The molecule has 0 aromatic carbocycles. The molecular weight excluding hydrogens is 176 g/mol. The van der Waals surface area contributed by atoms with E-state index in [1.165, 1.54) is 0 Å². The van der Waals surface area contributed by atoms with Crippen molar-refractivity contribution >= 4 is 0 Å². The monoisotopic (exact) mass is 202 g/mol. The average molecular weight is 202 g/mol. The van der Waals surface area contributed by atoms with E-state index in [0.29, 0.717) is 0 Å². The fraction of sp³-hybridized carbons (Fsp3) is 1.00. The van der Waals surface area contributed by atoms with Gasteiger partial charge in [0.25, 0.3) is 0 Å². The Hall–Kier alpha value is -0.120. The Morgan fingerprint density at radius 2 is 1.64 bits per heavy atom. The number of nitrogens with zero attached hydrogens (tertiary/aromatic N) is 1. The van der Waals surface area contributed by atoms with Crippen LogP contribution in [0.5, 0.6) is 0 Å². The van der Waals surface area contributed by atoms with Crippen molar-refractivity contribution in [1.82, 2.24) is 10.2 Å². The normalized spacial score (nSPS) is 13.7. The molecule has 0 fully saturated rings. The largest absolute Gasteiger partial charge is 0.394 e. The van der Waals surface area contributed by atoms with Crippen molar-refractivity contribution in [3.8, 4) is 0 Å². The number of hydrogen-bond acceptors (Lipinski definition) is 3. The second-order valence-electron chi connectivity index (χ2n) is 5.57. The first-order valence-electron chi connectivity index (χ1n) is 5.26. The van der Waals surface area contributed by atoms with Gasteiger partial charge >= 0.3 is 0 Å². The van der Waals surface area contributed by atoms with Crippen LogP contribution in [0.1, 0.15) is 34.6 Å². The highest BCUT2D eigenvalue weighted by Gasteiger charge is 2.22. The standard InChI is InChI=1S/C11H26N2O/c1-10(2,3)12-7-8-13(6)11(4,5)9-14/h12,14H,7-9H2,1-6H3. The first kappa shape index (κ1) is 13.9. The topological polar surface area (TPSA) is 35.5 Å². The Bertz CT molecular complexity index is 161. The number of hydrogen-bond donors (Lipinski definition) is 2. The van der Waals surface area contributed by atoms with Crippen LogP contribution in [0.4, 0.5) is 0 Å². The summed E-state index contributed by atoms with van der Waals surface area (Å²) in [6.07, 6.45) is 0. The Morgan fingerprint density at radius 1 is 1.14 bits per heavy atom. The third-order valence-corrected chi connectivity index (χ3v) is 2.52. The highest BCUT2D eigenvalue weighted by atomic mass is 16.3. The second kappa shape index (κ2) is 5.10. The lowest BCUT2D eigenvalue weighted by Crippen LogP contribution is -2.48. The quantitative estimate of drug-likeness (QED) is 0.700. The lowest BCUT2D eigenvalue weighted by Gasteiger charge is -2.34. The second-order valence-corrected chi connectivity index (χ2v) is 5.57. The molecule has 0 atom stereocenters. The van der Waals surface area contributed by atoms with Crippen LogP contribution in [0.3, 0.4) is 0 Å². The molecule has 0 aliphatic rings.